The second-order valence-corrected chi connectivity index (χ2v) is 8.78. The van der Waals surface area contributed by atoms with Gasteiger partial charge in [-0.2, -0.15) is 13.2 Å². The first-order valence-corrected chi connectivity index (χ1v) is 11.0. The minimum absolute atomic E-state index is 0.154. The van der Waals surface area contributed by atoms with Crippen LogP contribution in [-0.2, 0) is 11.0 Å². The number of rotatable bonds is 3. The monoisotopic (exact) mass is 469 g/mol. The van der Waals surface area contributed by atoms with Gasteiger partial charge in [0.2, 0.25) is 0 Å². The smallest absolute Gasteiger partial charge is 0.380 e. The molecule has 1 saturated heterocycles. The number of benzene rings is 2. The highest BCUT2D eigenvalue weighted by molar-refractivity contribution is 5.97. The molecule has 34 heavy (non-hydrogen) atoms. The summed E-state index contributed by atoms with van der Waals surface area (Å²) in [4.78, 5) is 32.6. The normalized spacial score (nSPS) is 17.6. The van der Waals surface area contributed by atoms with Crippen molar-refractivity contribution in [1.82, 2.24) is 14.8 Å². The SMILES string of the molecule is O=C(c1ccc(-c2ccnc3cc(C(F)(F)F)ccc23)cc1)N1CCN(C(=O)C2(O)CC2)CC1. The molecule has 0 radical (unpaired) electrons. The summed E-state index contributed by atoms with van der Waals surface area (Å²) in [5, 5.41) is 10.6. The number of aromatic nitrogens is 1. The Morgan fingerprint density at radius 2 is 1.56 bits per heavy atom. The number of halogens is 3. The minimum Gasteiger partial charge on any atom is -0.380 e. The van der Waals surface area contributed by atoms with Crippen LogP contribution in [0.1, 0.15) is 28.8 Å². The summed E-state index contributed by atoms with van der Waals surface area (Å²) in [6.45, 7) is 1.54. The maximum Gasteiger partial charge on any atom is 0.416 e. The highest BCUT2D eigenvalue weighted by atomic mass is 19.4. The number of hydrogen-bond donors (Lipinski definition) is 1. The summed E-state index contributed by atoms with van der Waals surface area (Å²) in [5.41, 5.74) is 0.268. The first-order valence-electron chi connectivity index (χ1n) is 11.0. The lowest BCUT2D eigenvalue weighted by Gasteiger charge is -2.35. The molecule has 5 rings (SSSR count). The number of piperazine rings is 1. The van der Waals surface area contributed by atoms with Crippen LogP contribution in [0.3, 0.4) is 0 Å². The fourth-order valence-corrected chi connectivity index (χ4v) is 4.29. The third kappa shape index (κ3) is 4.11. The molecule has 3 aromatic rings. The lowest BCUT2D eigenvalue weighted by atomic mass is 9.99. The highest BCUT2D eigenvalue weighted by Gasteiger charge is 2.50. The second kappa shape index (κ2) is 8.09. The van der Waals surface area contributed by atoms with Gasteiger partial charge < -0.3 is 14.9 Å². The van der Waals surface area contributed by atoms with Crippen LogP contribution in [0.2, 0.25) is 0 Å². The molecule has 1 aliphatic heterocycles. The number of carbonyl (C=O) groups excluding carboxylic acids is 2. The third-order valence-electron chi connectivity index (χ3n) is 6.49. The standard InChI is InChI=1S/C25H22F3N3O3/c26-25(27,28)18-5-6-20-19(7-10-29-21(20)15-18)16-1-3-17(4-2-16)22(32)30-11-13-31(14-12-30)23(33)24(34)8-9-24/h1-7,10,15,34H,8-9,11-14H2. The van der Waals surface area contributed by atoms with Gasteiger partial charge in [-0.05, 0) is 54.3 Å². The van der Waals surface area contributed by atoms with E-state index < -0.39 is 17.3 Å². The Hall–Kier alpha value is -3.46. The molecule has 1 aromatic heterocycles. The Balaban J connectivity index is 1.31. The van der Waals surface area contributed by atoms with E-state index in [4.69, 9.17) is 0 Å². The molecule has 2 amide bonds. The Morgan fingerprint density at radius 3 is 2.18 bits per heavy atom. The van der Waals surface area contributed by atoms with Gasteiger partial charge in [0, 0.05) is 43.3 Å². The number of hydrogen-bond acceptors (Lipinski definition) is 4. The zero-order valence-electron chi connectivity index (χ0n) is 18.2. The van der Waals surface area contributed by atoms with Gasteiger partial charge in [-0.3, -0.25) is 14.6 Å². The molecule has 2 aromatic carbocycles. The topological polar surface area (TPSA) is 73.7 Å². The van der Waals surface area contributed by atoms with Crippen LogP contribution in [0.5, 0.6) is 0 Å². The molecule has 0 unspecified atom stereocenters. The Morgan fingerprint density at radius 1 is 0.912 bits per heavy atom. The molecule has 2 heterocycles. The molecule has 2 aliphatic rings. The van der Waals surface area contributed by atoms with Gasteiger partial charge in [0.25, 0.3) is 11.8 Å². The zero-order valence-corrected chi connectivity index (χ0v) is 18.2. The molecule has 0 bridgehead atoms. The minimum atomic E-state index is -4.44. The summed E-state index contributed by atoms with van der Waals surface area (Å²) >= 11 is 0. The van der Waals surface area contributed by atoms with E-state index in [9.17, 15) is 27.9 Å². The predicted molar refractivity (Wildman–Crippen MR) is 119 cm³/mol. The highest BCUT2D eigenvalue weighted by Crippen LogP contribution is 2.37. The average Bonchev–Trinajstić information content (AvgIpc) is 3.60. The summed E-state index contributed by atoms with van der Waals surface area (Å²) in [6.07, 6.45) is -1.99. The van der Waals surface area contributed by atoms with Gasteiger partial charge >= 0.3 is 6.18 Å². The number of fused-ring (bicyclic) bond motifs is 1. The summed E-state index contributed by atoms with van der Waals surface area (Å²) in [5.74, 6) is -0.408. The van der Waals surface area contributed by atoms with E-state index in [1.807, 2.05) is 0 Å². The fourth-order valence-electron chi connectivity index (χ4n) is 4.29. The number of carbonyl (C=O) groups is 2. The second-order valence-electron chi connectivity index (χ2n) is 8.78. The third-order valence-corrected chi connectivity index (χ3v) is 6.49. The van der Waals surface area contributed by atoms with Crippen LogP contribution in [-0.4, -0.2) is 63.5 Å². The maximum absolute atomic E-state index is 13.0. The maximum atomic E-state index is 13.0. The first kappa shape index (κ1) is 22.3. The zero-order chi connectivity index (χ0) is 24.1. The van der Waals surface area contributed by atoms with Gasteiger partial charge in [0.1, 0.15) is 5.60 Å². The molecular weight excluding hydrogens is 447 g/mol. The number of aliphatic hydroxyl groups is 1. The molecule has 1 aliphatic carbocycles. The largest absolute Gasteiger partial charge is 0.416 e. The first-order chi connectivity index (χ1) is 16.2. The molecule has 0 atom stereocenters. The van der Waals surface area contributed by atoms with Crippen LogP contribution >= 0.6 is 0 Å². The van der Waals surface area contributed by atoms with E-state index in [1.165, 1.54) is 12.3 Å². The van der Waals surface area contributed by atoms with Crippen molar-refractivity contribution in [1.29, 1.82) is 0 Å². The van der Waals surface area contributed by atoms with Crippen LogP contribution in [0.15, 0.2) is 54.7 Å². The molecule has 9 heteroatoms. The van der Waals surface area contributed by atoms with Gasteiger partial charge in [-0.1, -0.05) is 18.2 Å². The van der Waals surface area contributed by atoms with Crippen molar-refractivity contribution in [3.63, 3.8) is 0 Å². The van der Waals surface area contributed by atoms with Crippen molar-refractivity contribution in [3.05, 3.63) is 65.9 Å². The van der Waals surface area contributed by atoms with Crippen LogP contribution in [0, 0.1) is 0 Å². The van der Waals surface area contributed by atoms with Gasteiger partial charge in [0.15, 0.2) is 0 Å². The van der Waals surface area contributed by atoms with Gasteiger partial charge in [0.05, 0.1) is 11.1 Å². The number of pyridine rings is 1. The Kier molecular flexibility index (Phi) is 5.31. The van der Waals surface area contributed by atoms with E-state index >= 15 is 0 Å². The van der Waals surface area contributed by atoms with E-state index in [0.29, 0.717) is 50.0 Å². The van der Waals surface area contributed by atoms with Crippen molar-refractivity contribution in [2.45, 2.75) is 24.6 Å². The summed E-state index contributed by atoms with van der Waals surface area (Å²) in [7, 11) is 0. The summed E-state index contributed by atoms with van der Waals surface area (Å²) in [6, 6.07) is 12.1. The molecule has 1 saturated carbocycles. The van der Waals surface area contributed by atoms with Crippen molar-refractivity contribution in [2.75, 3.05) is 26.2 Å². The lowest BCUT2D eigenvalue weighted by molar-refractivity contribution is -0.144. The molecule has 6 nitrogen and oxygen atoms in total. The van der Waals surface area contributed by atoms with E-state index in [-0.39, 0.29) is 17.3 Å². The molecular formula is C25H22F3N3O3. The molecule has 176 valence electrons. The predicted octanol–water partition coefficient (Wildman–Crippen LogP) is 3.73. The summed E-state index contributed by atoms with van der Waals surface area (Å²) < 4.78 is 39.1. The Labute approximate surface area is 193 Å². The van der Waals surface area contributed by atoms with E-state index in [2.05, 4.69) is 4.98 Å². The van der Waals surface area contributed by atoms with Gasteiger partial charge in [-0.25, -0.2) is 0 Å². The van der Waals surface area contributed by atoms with Crippen molar-refractivity contribution in [2.24, 2.45) is 0 Å². The lowest BCUT2D eigenvalue weighted by Crippen LogP contribution is -2.53. The van der Waals surface area contributed by atoms with Crippen molar-refractivity contribution in [3.8, 4) is 11.1 Å². The van der Waals surface area contributed by atoms with Crippen LogP contribution < -0.4 is 0 Å². The Bertz CT molecular complexity index is 1260. The quantitative estimate of drug-likeness (QED) is 0.635. The van der Waals surface area contributed by atoms with Crippen molar-refractivity contribution >= 4 is 22.7 Å². The molecule has 1 N–H and O–H groups in total. The van der Waals surface area contributed by atoms with Crippen LogP contribution in [0.25, 0.3) is 22.0 Å². The fraction of sp³-hybridized carbons (Fsp3) is 0.320. The molecule has 2 fully saturated rings. The van der Waals surface area contributed by atoms with Crippen LogP contribution in [0.4, 0.5) is 13.2 Å². The number of alkyl halides is 3. The number of amides is 2. The number of nitrogens with zero attached hydrogens (tertiary/aromatic N) is 3. The van der Waals surface area contributed by atoms with E-state index in [0.717, 1.165) is 23.3 Å². The van der Waals surface area contributed by atoms with Crippen molar-refractivity contribution < 1.29 is 27.9 Å². The molecule has 0 spiro atoms. The van der Waals surface area contributed by atoms with Gasteiger partial charge in [-0.15, -0.1) is 0 Å². The van der Waals surface area contributed by atoms with E-state index in [1.54, 1.807) is 40.1 Å². The average molecular weight is 469 g/mol.